The monoisotopic (exact) mass is 602 g/mol. The Hall–Kier alpha value is -5.25. The highest BCUT2D eigenvalue weighted by Crippen LogP contribution is 2.33. The number of imidazole rings is 1. The van der Waals surface area contributed by atoms with E-state index in [2.05, 4.69) is 9.97 Å². The molecule has 2 N–H and O–H groups in total. The maximum absolute atomic E-state index is 15.7. The lowest BCUT2D eigenvalue weighted by Crippen LogP contribution is -2.17. The molecule has 0 fully saturated rings. The predicted molar refractivity (Wildman–Crippen MR) is 153 cm³/mol. The summed E-state index contributed by atoms with van der Waals surface area (Å²) in [6, 6.07) is 16.5. The van der Waals surface area contributed by atoms with Gasteiger partial charge >= 0.3 is 5.97 Å². The third kappa shape index (κ3) is 6.10. The van der Waals surface area contributed by atoms with E-state index >= 15 is 8.78 Å². The fraction of sp³-hybridized carbons (Fsp3) is 0.188. The predicted octanol–water partition coefficient (Wildman–Crippen LogP) is 5.44. The Balaban J connectivity index is 1.47. The van der Waals surface area contributed by atoms with Crippen molar-refractivity contribution in [3.8, 4) is 23.2 Å². The minimum Gasteiger partial charge on any atom is -0.478 e. The summed E-state index contributed by atoms with van der Waals surface area (Å²) < 4.78 is 57.9. The number of aliphatic hydroxyl groups excluding tert-OH is 1. The maximum atomic E-state index is 15.7. The topological polar surface area (TPSA) is 130 Å². The second kappa shape index (κ2) is 12.9. The van der Waals surface area contributed by atoms with E-state index in [-0.39, 0.29) is 65.0 Å². The van der Waals surface area contributed by atoms with Gasteiger partial charge in [-0.05, 0) is 48.5 Å². The summed E-state index contributed by atoms with van der Waals surface area (Å²) in [7, 11) is 1.48. The van der Waals surface area contributed by atoms with Crippen LogP contribution in [0.1, 0.15) is 38.8 Å². The van der Waals surface area contributed by atoms with Crippen LogP contribution in [0.3, 0.4) is 0 Å². The van der Waals surface area contributed by atoms with Crippen LogP contribution in [0, 0.1) is 28.8 Å². The summed E-state index contributed by atoms with van der Waals surface area (Å²) >= 11 is 0. The number of carbonyl (C=O) groups is 1. The molecular formula is C32H25F3N4O5. The van der Waals surface area contributed by atoms with Crippen LogP contribution >= 0.6 is 0 Å². The van der Waals surface area contributed by atoms with Crippen molar-refractivity contribution in [3.05, 3.63) is 112 Å². The zero-order chi connectivity index (χ0) is 31.4. The highest BCUT2D eigenvalue weighted by molar-refractivity contribution is 5.92. The number of aromatic nitrogens is 3. The lowest BCUT2D eigenvalue weighted by Gasteiger charge is -2.19. The number of nitriles is 1. The van der Waals surface area contributed by atoms with Crippen molar-refractivity contribution in [1.82, 2.24) is 14.5 Å². The third-order valence-corrected chi connectivity index (χ3v) is 7.06. The van der Waals surface area contributed by atoms with Gasteiger partial charge in [-0.2, -0.15) is 5.26 Å². The van der Waals surface area contributed by atoms with Crippen molar-refractivity contribution in [3.63, 3.8) is 0 Å². The standard InChI is InChI=1S/C32H25F3N4O5/c1-43-10-9-39-29-12-19(32(41)42)7-8-28(29)38-31(39)23(16-40)21-13-26(35)22(14-25(21)34)27-3-2-4-30(37-27)44-17-20-6-5-18(15-36)11-24(20)33/h2-8,11-14,23,40H,9-10,16-17H2,1H3,(H,41,42). The molecule has 0 bridgehead atoms. The number of methoxy groups -OCH3 is 1. The summed E-state index contributed by atoms with van der Waals surface area (Å²) in [6.07, 6.45) is 0. The molecule has 12 heteroatoms. The number of ether oxygens (including phenoxy) is 2. The second-order valence-electron chi connectivity index (χ2n) is 9.78. The quantitative estimate of drug-likeness (QED) is 0.205. The number of nitrogens with zero attached hydrogens (tertiary/aromatic N) is 4. The Bertz CT molecular complexity index is 1900. The van der Waals surface area contributed by atoms with Gasteiger partial charge in [0.1, 0.15) is 29.9 Å². The molecule has 0 saturated heterocycles. The largest absolute Gasteiger partial charge is 0.478 e. The molecule has 0 saturated carbocycles. The summed E-state index contributed by atoms with van der Waals surface area (Å²) in [5.74, 6) is -4.27. The molecule has 44 heavy (non-hydrogen) atoms. The zero-order valence-electron chi connectivity index (χ0n) is 23.3. The molecule has 0 spiro atoms. The minimum absolute atomic E-state index is 0.0190. The number of aliphatic hydroxyl groups is 1. The minimum atomic E-state index is -1.14. The fourth-order valence-electron chi connectivity index (χ4n) is 4.83. The molecule has 0 aliphatic heterocycles. The van der Waals surface area contributed by atoms with Gasteiger partial charge in [0, 0.05) is 36.4 Å². The first-order valence-corrected chi connectivity index (χ1v) is 13.3. The van der Waals surface area contributed by atoms with Crippen LogP contribution < -0.4 is 4.74 Å². The molecule has 0 radical (unpaired) electrons. The van der Waals surface area contributed by atoms with Crippen molar-refractivity contribution < 1.29 is 37.7 Å². The van der Waals surface area contributed by atoms with Gasteiger partial charge in [0.15, 0.2) is 0 Å². The van der Waals surface area contributed by atoms with Crippen LogP contribution in [0.25, 0.3) is 22.3 Å². The van der Waals surface area contributed by atoms with Gasteiger partial charge < -0.3 is 24.3 Å². The number of aromatic carboxylic acids is 1. The highest BCUT2D eigenvalue weighted by atomic mass is 19.1. The average molecular weight is 603 g/mol. The van der Waals surface area contributed by atoms with Crippen LogP contribution in [0.15, 0.2) is 66.7 Å². The Labute approximate surface area is 249 Å². The molecule has 5 aromatic rings. The smallest absolute Gasteiger partial charge is 0.335 e. The molecule has 9 nitrogen and oxygen atoms in total. The first-order valence-electron chi connectivity index (χ1n) is 13.3. The number of rotatable bonds is 11. The summed E-state index contributed by atoms with van der Waals surface area (Å²) in [5, 5.41) is 28.7. The number of fused-ring (bicyclic) bond motifs is 1. The van der Waals surface area contributed by atoms with E-state index < -0.39 is 35.9 Å². The van der Waals surface area contributed by atoms with Crippen LogP contribution in [0.4, 0.5) is 13.2 Å². The number of halogens is 3. The van der Waals surface area contributed by atoms with E-state index in [1.54, 1.807) is 4.57 Å². The molecule has 1 atom stereocenters. The Morgan fingerprint density at radius 3 is 2.55 bits per heavy atom. The van der Waals surface area contributed by atoms with Crippen LogP contribution in [0.2, 0.25) is 0 Å². The van der Waals surface area contributed by atoms with Gasteiger partial charge in [0.05, 0.1) is 53.1 Å². The van der Waals surface area contributed by atoms with Crippen LogP contribution in [-0.4, -0.2) is 51.0 Å². The molecule has 2 aromatic heterocycles. The molecule has 0 aliphatic carbocycles. The van der Waals surface area contributed by atoms with E-state index in [1.807, 2.05) is 6.07 Å². The van der Waals surface area contributed by atoms with Crippen LogP contribution in [-0.2, 0) is 17.9 Å². The lowest BCUT2D eigenvalue weighted by atomic mass is 9.95. The molecule has 224 valence electrons. The van der Waals surface area contributed by atoms with Crippen molar-refractivity contribution >= 4 is 17.0 Å². The van der Waals surface area contributed by atoms with E-state index in [0.717, 1.165) is 18.2 Å². The Kier molecular flexibility index (Phi) is 8.89. The molecule has 2 heterocycles. The van der Waals surface area contributed by atoms with Gasteiger partial charge in [-0.15, -0.1) is 0 Å². The molecule has 5 rings (SSSR count). The Morgan fingerprint density at radius 1 is 1.02 bits per heavy atom. The van der Waals surface area contributed by atoms with Crippen molar-refractivity contribution in [2.45, 2.75) is 19.1 Å². The summed E-state index contributed by atoms with van der Waals surface area (Å²) in [4.78, 5) is 20.3. The maximum Gasteiger partial charge on any atom is 0.335 e. The first-order chi connectivity index (χ1) is 21.2. The van der Waals surface area contributed by atoms with Gasteiger partial charge in [0.2, 0.25) is 5.88 Å². The van der Waals surface area contributed by atoms with Crippen LogP contribution in [0.5, 0.6) is 5.88 Å². The summed E-state index contributed by atoms with van der Waals surface area (Å²) in [5.41, 5.74) is 0.944. The van der Waals surface area contributed by atoms with E-state index in [0.29, 0.717) is 11.0 Å². The Morgan fingerprint density at radius 2 is 1.84 bits per heavy atom. The number of hydrogen-bond donors (Lipinski definition) is 2. The number of benzene rings is 3. The van der Waals surface area contributed by atoms with Gasteiger partial charge in [0.25, 0.3) is 0 Å². The zero-order valence-corrected chi connectivity index (χ0v) is 23.3. The van der Waals surface area contributed by atoms with Gasteiger partial charge in [-0.25, -0.2) is 27.9 Å². The fourth-order valence-corrected chi connectivity index (χ4v) is 4.83. The number of pyridine rings is 1. The normalized spacial score (nSPS) is 11.8. The second-order valence-corrected chi connectivity index (χ2v) is 9.78. The van der Waals surface area contributed by atoms with E-state index in [4.69, 9.17) is 14.7 Å². The summed E-state index contributed by atoms with van der Waals surface area (Å²) in [6.45, 7) is -0.399. The average Bonchev–Trinajstić information content (AvgIpc) is 3.38. The van der Waals surface area contributed by atoms with Crippen molar-refractivity contribution in [1.29, 1.82) is 5.26 Å². The van der Waals surface area contributed by atoms with Crippen molar-refractivity contribution in [2.75, 3.05) is 20.3 Å². The van der Waals surface area contributed by atoms with Gasteiger partial charge in [-0.3, -0.25) is 0 Å². The highest BCUT2D eigenvalue weighted by Gasteiger charge is 2.27. The molecule has 1 unspecified atom stereocenters. The number of hydrogen-bond acceptors (Lipinski definition) is 7. The molecular weight excluding hydrogens is 577 g/mol. The number of carboxylic acids is 1. The molecule has 0 aliphatic rings. The third-order valence-electron chi connectivity index (χ3n) is 7.06. The number of carboxylic acid groups (broad SMARTS) is 1. The lowest BCUT2D eigenvalue weighted by molar-refractivity contribution is 0.0697. The molecule has 0 amide bonds. The van der Waals surface area contributed by atoms with Crippen molar-refractivity contribution in [2.24, 2.45) is 0 Å². The first kappa shape index (κ1) is 30.2. The molecule has 3 aromatic carbocycles. The van der Waals surface area contributed by atoms with Gasteiger partial charge in [-0.1, -0.05) is 12.1 Å². The SMILES string of the molecule is COCCn1c(C(CO)c2cc(F)c(-c3cccc(OCc4ccc(C#N)cc4F)n3)cc2F)nc2ccc(C(=O)O)cc21. The van der Waals surface area contributed by atoms with E-state index in [1.165, 1.54) is 55.6 Å². The van der Waals surface area contributed by atoms with E-state index in [9.17, 15) is 19.4 Å².